The summed E-state index contributed by atoms with van der Waals surface area (Å²) in [5.41, 5.74) is 1.66. The van der Waals surface area contributed by atoms with Gasteiger partial charge in [0.15, 0.2) is 5.58 Å². The Kier molecular flexibility index (Phi) is 5.11. The zero-order valence-electron chi connectivity index (χ0n) is 11.1. The van der Waals surface area contributed by atoms with Gasteiger partial charge in [-0.15, -0.1) is 0 Å². The van der Waals surface area contributed by atoms with E-state index in [0.717, 1.165) is 29.7 Å². The number of ether oxygens (including phenoxy) is 1. The standard InChI is InChI=1S/C14H17Cl2NO2/c1-3-6-17-7-12-10(8-18-2)9-4-5-11(15)13(16)14(9)19-12/h4-5,17H,3,6-8H2,1-2H3. The summed E-state index contributed by atoms with van der Waals surface area (Å²) in [6.45, 7) is 4.22. The van der Waals surface area contributed by atoms with Crippen LogP contribution >= 0.6 is 23.2 Å². The highest BCUT2D eigenvalue weighted by Gasteiger charge is 2.17. The van der Waals surface area contributed by atoms with Crippen molar-refractivity contribution in [3.8, 4) is 0 Å². The van der Waals surface area contributed by atoms with Crippen LogP contribution in [0.1, 0.15) is 24.7 Å². The Balaban J connectivity index is 2.43. The highest BCUT2D eigenvalue weighted by Crippen LogP contribution is 2.36. The van der Waals surface area contributed by atoms with Crippen LogP contribution in [0.2, 0.25) is 10.0 Å². The van der Waals surface area contributed by atoms with E-state index in [1.165, 1.54) is 0 Å². The molecule has 0 aliphatic rings. The Labute approximate surface area is 122 Å². The zero-order chi connectivity index (χ0) is 13.8. The van der Waals surface area contributed by atoms with Crippen LogP contribution in [0.4, 0.5) is 0 Å². The topological polar surface area (TPSA) is 34.4 Å². The fourth-order valence-electron chi connectivity index (χ4n) is 2.03. The molecule has 2 aromatic rings. The van der Waals surface area contributed by atoms with Gasteiger partial charge in [-0.25, -0.2) is 0 Å². The number of benzene rings is 1. The van der Waals surface area contributed by atoms with E-state index in [0.29, 0.717) is 28.8 Å². The lowest BCUT2D eigenvalue weighted by Gasteiger charge is -2.03. The van der Waals surface area contributed by atoms with E-state index in [9.17, 15) is 0 Å². The van der Waals surface area contributed by atoms with Gasteiger partial charge in [-0.3, -0.25) is 0 Å². The summed E-state index contributed by atoms with van der Waals surface area (Å²) in [5, 5.41) is 5.24. The smallest absolute Gasteiger partial charge is 0.154 e. The SMILES string of the molecule is CCCNCc1oc2c(Cl)c(Cl)ccc2c1COC. The molecule has 0 amide bonds. The summed E-state index contributed by atoms with van der Waals surface area (Å²) in [7, 11) is 1.67. The Morgan fingerprint density at radius 1 is 1.32 bits per heavy atom. The maximum atomic E-state index is 6.19. The summed E-state index contributed by atoms with van der Waals surface area (Å²) in [6, 6.07) is 3.70. The van der Waals surface area contributed by atoms with Gasteiger partial charge in [-0.05, 0) is 25.1 Å². The average molecular weight is 302 g/mol. The molecule has 1 N–H and O–H groups in total. The largest absolute Gasteiger partial charge is 0.458 e. The number of hydrogen-bond acceptors (Lipinski definition) is 3. The van der Waals surface area contributed by atoms with E-state index in [2.05, 4.69) is 12.2 Å². The first-order chi connectivity index (χ1) is 9.19. The molecule has 5 heteroatoms. The monoisotopic (exact) mass is 301 g/mol. The Bertz CT molecular complexity index is 566. The molecule has 0 atom stereocenters. The van der Waals surface area contributed by atoms with Crippen LogP contribution in [0.25, 0.3) is 11.0 Å². The minimum atomic E-state index is 0.457. The molecule has 1 aromatic carbocycles. The van der Waals surface area contributed by atoms with Crippen LogP contribution in [-0.4, -0.2) is 13.7 Å². The molecule has 0 saturated carbocycles. The van der Waals surface area contributed by atoms with Gasteiger partial charge in [0.1, 0.15) is 10.8 Å². The molecule has 0 spiro atoms. The van der Waals surface area contributed by atoms with Crippen molar-refractivity contribution in [2.45, 2.75) is 26.5 Å². The van der Waals surface area contributed by atoms with Crippen molar-refractivity contribution in [2.75, 3.05) is 13.7 Å². The van der Waals surface area contributed by atoms with Crippen molar-refractivity contribution in [1.29, 1.82) is 0 Å². The molecule has 19 heavy (non-hydrogen) atoms. The zero-order valence-corrected chi connectivity index (χ0v) is 12.6. The van der Waals surface area contributed by atoms with Crippen LogP contribution in [0.15, 0.2) is 16.5 Å². The minimum absolute atomic E-state index is 0.457. The van der Waals surface area contributed by atoms with Crippen molar-refractivity contribution in [2.24, 2.45) is 0 Å². The summed E-state index contributed by atoms with van der Waals surface area (Å²) < 4.78 is 11.1. The fourth-order valence-corrected chi connectivity index (χ4v) is 2.38. The van der Waals surface area contributed by atoms with Crippen molar-refractivity contribution >= 4 is 34.2 Å². The third kappa shape index (κ3) is 3.06. The summed E-state index contributed by atoms with van der Waals surface area (Å²) >= 11 is 12.2. The lowest BCUT2D eigenvalue weighted by Crippen LogP contribution is -2.14. The molecule has 3 nitrogen and oxygen atoms in total. The molecule has 0 saturated heterocycles. The van der Waals surface area contributed by atoms with E-state index < -0.39 is 0 Å². The van der Waals surface area contributed by atoms with Gasteiger partial charge in [0, 0.05) is 18.1 Å². The first-order valence-corrected chi connectivity index (χ1v) is 7.02. The third-order valence-corrected chi connectivity index (χ3v) is 3.72. The van der Waals surface area contributed by atoms with Gasteiger partial charge >= 0.3 is 0 Å². The normalized spacial score (nSPS) is 11.4. The number of hydrogen-bond donors (Lipinski definition) is 1. The second-order valence-corrected chi connectivity index (χ2v) is 5.14. The maximum Gasteiger partial charge on any atom is 0.154 e. The molecule has 0 unspecified atom stereocenters. The molecular weight excluding hydrogens is 285 g/mol. The van der Waals surface area contributed by atoms with E-state index in [1.807, 2.05) is 6.07 Å². The van der Waals surface area contributed by atoms with E-state index >= 15 is 0 Å². The molecule has 0 aliphatic carbocycles. The van der Waals surface area contributed by atoms with Gasteiger partial charge < -0.3 is 14.5 Å². The number of halogens is 2. The van der Waals surface area contributed by atoms with E-state index in [1.54, 1.807) is 13.2 Å². The number of nitrogens with one attached hydrogen (secondary N) is 1. The van der Waals surface area contributed by atoms with Gasteiger partial charge in [0.25, 0.3) is 0 Å². The minimum Gasteiger partial charge on any atom is -0.458 e. The van der Waals surface area contributed by atoms with Crippen LogP contribution in [0, 0.1) is 0 Å². The van der Waals surface area contributed by atoms with Gasteiger partial charge in [-0.2, -0.15) is 0 Å². The van der Waals surface area contributed by atoms with Crippen LogP contribution in [-0.2, 0) is 17.9 Å². The second-order valence-electron chi connectivity index (χ2n) is 4.35. The van der Waals surface area contributed by atoms with Crippen molar-refractivity contribution in [1.82, 2.24) is 5.32 Å². The number of furan rings is 1. The van der Waals surface area contributed by atoms with Crippen molar-refractivity contribution in [3.63, 3.8) is 0 Å². The van der Waals surface area contributed by atoms with Crippen LogP contribution < -0.4 is 5.32 Å². The number of methoxy groups -OCH3 is 1. The Morgan fingerprint density at radius 2 is 2.11 bits per heavy atom. The van der Waals surface area contributed by atoms with Crippen molar-refractivity contribution < 1.29 is 9.15 Å². The number of rotatable bonds is 6. The van der Waals surface area contributed by atoms with Crippen LogP contribution in [0.5, 0.6) is 0 Å². The highest BCUT2D eigenvalue weighted by atomic mass is 35.5. The summed E-state index contributed by atoms with van der Waals surface area (Å²) in [5.74, 6) is 0.856. The second kappa shape index (κ2) is 6.62. The van der Waals surface area contributed by atoms with E-state index in [4.69, 9.17) is 32.4 Å². The van der Waals surface area contributed by atoms with Gasteiger partial charge in [0.05, 0.1) is 18.2 Å². The quantitative estimate of drug-likeness (QED) is 0.804. The molecule has 0 bridgehead atoms. The molecule has 0 radical (unpaired) electrons. The van der Waals surface area contributed by atoms with Gasteiger partial charge in [0.2, 0.25) is 0 Å². The van der Waals surface area contributed by atoms with Crippen LogP contribution in [0.3, 0.4) is 0 Å². The Hall–Kier alpha value is -0.740. The molecule has 2 rings (SSSR count). The Morgan fingerprint density at radius 3 is 2.79 bits per heavy atom. The first-order valence-electron chi connectivity index (χ1n) is 6.27. The average Bonchev–Trinajstić information content (AvgIpc) is 2.74. The molecular formula is C14H17Cl2NO2. The highest BCUT2D eigenvalue weighted by molar-refractivity contribution is 6.44. The molecule has 104 valence electrons. The third-order valence-electron chi connectivity index (χ3n) is 2.94. The van der Waals surface area contributed by atoms with Gasteiger partial charge in [-0.1, -0.05) is 30.1 Å². The van der Waals surface area contributed by atoms with E-state index in [-0.39, 0.29) is 0 Å². The maximum absolute atomic E-state index is 6.19. The molecule has 0 fully saturated rings. The molecule has 0 aliphatic heterocycles. The lowest BCUT2D eigenvalue weighted by atomic mass is 10.1. The molecule has 1 heterocycles. The van der Waals surface area contributed by atoms with Crippen molar-refractivity contribution in [3.05, 3.63) is 33.5 Å². The fraction of sp³-hybridized carbons (Fsp3) is 0.429. The predicted octanol–water partition coefficient (Wildman–Crippen LogP) is 4.39. The summed E-state index contributed by atoms with van der Waals surface area (Å²) in [6.07, 6.45) is 1.08. The molecule has 1 aromatic heterocycles. The lowest BCUT2D eigenvalue weighted by molar-refractivity contribution is 0.183. The number of fused-ring (bicyclic) bond motifs is 1. The predicted molar refractivity (Wildman–Crippen MR) is 78.9 cm³/mol. The first kappa shape index (κ1) is 14.7. The summed E-state index contributed by atoms with van der Waals surface area (Å²) in [4.78, 5) is 0.